The predicted molar refractivity (Wildman–Crippen MR) is 55.7 cm³/mol. The Bertz CT molecular complexity index is 169. The molecule has 0 aliphatic carbocycles. The Morgan fingerprint density at radius 2 is 1.92 bits per heavy atom. The number of rotatable bonds is 2. The second-order valence-electron chi connectivity index (χ2n) is 5.72. The van der Waals surface area contributed by atoms with Crippen molar-refractivity contribution in [2.75, 3.05) is 27.2 Å². The average molecular weight is 186 g/mol. The summed E-state index contributed by atoms with van der Waals surface area (Å²) in [6.07, 6.45) is 2.67. The largest absolute Gasteiger partial charge is 0.370 e. The summed E-state index contributed by atoms with van der Waals surface area (Å²) in [7, 11) is 4.62. The molecule has 1 aliphatic heterocycles. The molecule has 0 spiro atoms. The number of quaternary nitrogens is 1. The minimum absolute atomic E-state index is 0.0165. The Labute approximate surface area is 82.5 Å². The molecule has 1 heterocycles. The molecule has 1 unspecified atom stereocenters. The summed E-state index contributed by atoms with van der Waals surface area (Å²) >= 11 is 0. The molecule has 0 bridgehead atoms. The maximum atomic E-state index is 5.83. The van der Waals surface area contributed by atoms with E-state index in [4.69, 9.17) is 4.74 Å². The van der Waals surface area contributed by atoms with Gasteiger partial charge in [0.2, 0.25) is 0 Å². The minimum atomic E-state index is 0.0165. The van der Waals surface area contributed by atoms with Crippen LogP contribution >= 0.6 is 0 Å². The van der Waals surface area contributed by atoms with Crippen LogP contribution in [0.15, 0.2) is 0 Å². The Morgan fingerprint density at radius 1 is 1.31 bits per heavy atom. The van der Waals surface area contributed by atoms with Crippen molar-refractivity contribution in [2.45, 2.75) is 45.3 Å². The van der Waals surface area contributed by atoms with Crippen molar-refractivity contribution in [3.8, 4) is 0 Å². The highest BCUT2D eigenvalue weighted by molar-refractivity contribution is 4.68. The maximum absolute atomic E-state index is 5.83. The van der Waals surface area contributed by atoms with Crippen molar-refractivity contribution in [2.24, 2.45) is 0 Å². The Hall–Kier alpha value is -0.0800. The summed E-state index contributed by atoms with van der Waals surface area (Å²) in [5.41, 5.74) is 0.0165. The summed E-state index contributed by atoms with van der Waals surface area (Å²) in [6, 6.07) is 0.708. The smallest absolute Gasteiger partial charge is 0.112 e. The van der Waals surface area contributed by atoms with Crippen molar-refractivity contribution < 1.29 is 9.22 Å². The molecule has 0 radical (unpaired) electrons. The molecule has 78 valence electrons. The van der Waals surface area contributed by atoms with Crippen LogP contribution in [0.5, 0.6) is 0 Å². The van der Waals surface area contributed by atoms with Crippen LogP contribution < -0.4 is 0 Å². The van der Waals surface area contributed by atoms with Gasteiger partial charge in [0.05, 0.1) is 32.8 Å². The van der Waals surface area contributed by atoms with E-state index < -0.39 is 0 Å². The monoisotopic (exact) mass is 186 g/mol. The van der Waals surface area contributed by atoms with Crippen LogP contribution in [0.25, 0.3) is 0 Å². The predicted octanol–water partition coefficient (Wildman–Crippen LogP) is 2.04. The molecule has 0 aromatic heterocycles. The molecule has 0 aromatic carbocycles. The van der Waals surface area contributed by atoms with Crippen LogP contribution in [0.3, 0.4) is 0 Å². The zero-order valence-corrected chi connectivity index (χ0v) is 9.76. The highest BCUT2D eigenvalue weighted by Crippen LogP contribution is 2.23. The van der Waals surface area contributed by atoms with E-state index in [1.807, 2.05) is 0 Å². The molecule has 1 saturated heterocycles. The molecule has 2 nitrogen and oxygen atoms in total. The molecule has 0 aromatic rings. The highest BCUT2D eigenvalue weighted by Gasteiger charge is 2.34. The van der Waals surface area contributed by atoms with Gasteiger partial charge in [0.25, 0.3) is 0 Å². The number of likely N-dealkylation sites (tertiary alicyclic amines) is 1. The first-order valence-corrected chi connectivity index (χ1v) is 5.28. The third-order valence-electron chi connectivity index (χ3n) is 2.97. The van der Waals surface area contributed by atoms with Crippen molar-refractivity contribution in [3.63, 3.8) is 0 Å². The average Bonchev–Trinajstić information content (AvgIpc) is 2.23. The Balaban J connectivity index is 2.37. The molecular weight excluding hydrogens is 162 g/mol. The van der Waals surface area contributed by atoms with E-state index >= 15 is 0 Å². The van der Waals surface area contributed by atoms with Crippen LogP contribution in [-0.4, -0.2) is 43.4 Å². The maximum Gasteiger partial charge on any atom is 0.112 e. The first-order valence-electron chi connectivity index (χ1n) is 5.28. The van der Waals surface area contributed by atoms with Gasteiger partial charge in [0.1, 0.15) is 6.04 Å². The number of ether oxygens (including phenoxy) is 1. The first-order chi connectivity index (χ1) is 5.81. The Morgan fingerprint density at radius 3 is 2.31 bits per heavy atom. The van der Waals surface area contributed by atoms with Gasteiger partial charge < -0.3 is 9.22 Å². The van der Waals surface area contributed by atoms with E-state index in [-0.39, 0.29) is 5.60 Å². The van der Waals surface area contributed by atoms with Gasteiger partial charge in [-0.15, -0.1) is 0 Å². The van der Waals surface area contributed by atoms with Crippen molar-refractivity contribution in [1.29, 1.82) is 0 Å². The van der Waals surface area contributed by atoms with Gasteiger partial charge >= 0.3 is 0 Å². The molecule has 1 rings (SSSR count). The van der Waals surface area contributed by atoms with Gasteiger partial charge in [-0.3, -0.25) is 0 Å². The van der Waals surface area contributed by atoms with Crippen molar-refractivity contribution in [1.82, 2.24) is 0 Å². The molecule has 1 atom stereocenters. The van der Waals surface area contributed by atoms with Gasteiger partial charge in [-0.2, -0.15) is 0 Å². The third kappa shape index (κ3) is 3.28. The molecule has 0 amide bonds. The lowest BCUT2D eigenvalue weighted by molar-refractivity contribution is -0.902. The number of hydrogen-bond acceptors (Lipinski definition) is 1. The summed E-state index contributed by atoms with van der Waals surface area (Å²) in [5, 5.41) is 0. The lowest BCUT2D eigenvalue weighted by Gasteiger charge is -2.33. The zero-order valence-electron chi connectivity index (χ0n) is 9.76. The van der Waals surface area contributed by atoms with Gasteiger partial charge in [-0.1, -0.05) is 0 Å². The second-order valence-corrected chi connectivity index (χ2v) is 5.72. The lowest BCUT2D eigenvalue weighted by Crippen LogP contribution is -2.47. The number of hydrogen-bond donors (Lipinski definition) is 0. The van der Waals surface area contributed by atoms with Gasteiger partial charge in [0, 0.05) is 12.8 Å². The topological polar surface area (TPSA) is 9.23 Å². The number of nitrogens with zero attached hydrogens (tertiary/aromatic N) is 1. The van der Waals surface area contributed by atoms with Gasteiger partial charge in [-0.05, 0) is 20.8 Å². The van der Waals surface area contributed by atoms with Gasteiger partial charge in [0.15, 0.2) is 0 Å². The molecule has 0 N–H and O–H groups in total. The SMILES string of the molecule is CC(C)(C)OCC1CCC[N+]1(C)C. The van der Waals surface area contributed by atoms with E-state index in [2.05, 4.69) is 34.9 Å². The van der Waals surface area contributed by atoms with E-state index in [0.29, 0.717) is 6.04 Å². The minimum Gasteiger partial charge on any atom is -0.370 e. The first kappa shape index (κ1) is 11.0. The van der Waals surface area contributed by atoms with E-state index in [0.717, 1.165) is 11.1 Å². The highest BCUT2D eigenvalue weighted by atomic mass is 16.5. The summed E-state index contributed by atoms with van der Waals surface area (Å²) < 4.78 is 6.97. The number of likely N-dealkylation sites (N-methyl/N-ethyl adjacent to an activating group) is 1. The van der Waals surface area contributed by atoms with Crippen LogP contribution in [0.2, 0.25) is 0 Å². The van der Waals surface area contributed by atoms with Gasteiger partial charge in [-0.25, -0.2) is 0 Å². The Kier molecular flexibility index (Phi) is 3.03. The van der Waals surface area contributed by atoms with Crippen LogP contribution in [0.4, 0.5) is 0 Å². The molecule has 1 aliphatic rings. The fraction of sp³-hybridized carbons (Fsp3) is 1.00. The third-order valence-corrected chi connectivity index (χ3v) is 2.97. The quantitative estimate of drug-likeness (QED) is 0.600. The van der Waals surface area contributed by atoms with Crippen LogP contribution in [-0.2, 0) is 4.74 Å². The summed E-state index contributed by atoms with van der Waals surface area (Å²) in [6.45, 7) is 8.60. The fourth-order valence-electron chi connectivity index (χ4n) is 1.90. The van der Waals surface area contributed by atoms with Crippen molar-refractivity contribution in [3.05, 3.63) is 0 Å². The molecule has 1 fully saturated rings. The zero-order chi connectivity index (χ0) is 10.1. The van der Waals surface area contributed by atoms with E-state index in [1.54, 1.807) is 0 Å². The van der Waals surface area contributed by atoms with Crippen LogP contribution in [0.1, 0.15) is 33.6 Å². The van der Waals surface area contributed by atoms with E-state index in [9.17, 15) is 0 Å². The van der Waals surface area contributed by atoms with Crippen molar-refractivity contribution >= 4 is 0 Å². The fourth-order valence-corrected chi connectivity index (χ4v) is 1.90. The molecule has 2 heteroatoms. The standard InChI is InChI=1S/C11H24NO/c1-11(2,3)13-9-10-7-6-8-12(10,4)5/h10H,6-9H2,1-5H3/q+1. The molecular formula is C11H24NO+. The molecule has 0 saturated carbocycles. The van der Waals surface area contributed by atoms with E-state index in [1.165, 1.54) is 19.4 Å². The second kappa shape index (κ2) is 3.58. The lowest BCUT2D eigenvalue weighted by atomic mass is 10.1. The molecule has 13 heavy (non-hydrogen) atoms. The normalized spacial score (nSPS) is 27.9. The summed E-state index contributed by atoms with van der Waals surface area (Å²) in [5.74, 6) is 0. The van der Waals surface area contributed by atoms with Crippen LogP contribution in [0, 0.1) is 0 Å². The summed E-state index contributed by atoms with van der Waals surface area (Å²) in [4.78, 5) is 0.